The molecule has 0 saturated heterocycles. The summed E-state index contributed by atoms with van der Waals surface area (Å²) in [5.74, 6) is 0.741. The first kappa shape index (κ1) is 20.0. The number of benzene rings is 1. The molecule has 3 N–H and O–H groups in total. The summed E-state index contributed by atoms with van der Waals surface area (Å²) in [7, 11) is 0. The quantitative estimate of drug-likeness (QED) is 0.332. The standard InChI is InChI=1S/C19H26BrN5O/c1-2-21-19(24-11-14-25-12-3-4-13-25)23-10-6-9-22-18(26)16-7-5-8-17(20)15-16/h3-5,7-8,12-13,15H,2,6,9-11,14H2,1H3,(H,22,26)(H2,21,23,24). The maximum absolute atomic E-state index is 12.1. The second-order valence-corrected chi connectivity index (χ2v) is 6.64. The van der Waals surface area contributed by atoms with Crippen molar-refractivity contribution in [1.82, 2.24) is 20.5 Å². The van der Waals surface area contributed by atoms with Crippen molar-refractivity contribution < 1.29 is 4.79 Å². The Morgan fingerprint density at radius 3 is 2.65 bits per heavy atom. The second kappa shape index (κ2) is 11.4. The van der Waals surface area contributed by atoms with E-state index in [0.29, 0.717) is 18.7 Å². The third-order valence-corrected chi connectivity index (χ3v) is 4.14. The van der Waals surface area contributed by atoms with Crippen LogP contribution in [0, 0.1) is 0 Å². The van der Waals surface area contributed by atoms with Gasteiger partial charge in [-0.2, -0.15) is 0 Å². The third-order valence-electron chi connectivity index (χ3n) is 3.65. The molecule has 1 aromatic heterocycles. The molecule has 0 saturated carbocycles. The van der Waals surface area contributed by atoms with Crippen LogP contribution < -0.4 is 16.0 Å². The van der Waals surface area contributed by atoms with Gasteiger partial charge in [0.05, 0.1) is 0 Å². The van der Waals surface area contributed by atoms with Crippen LogP contribution in [0.4, 0.5) is 0 Å². The van der Waals surface area contributed by atoms with Gasteiger partial charge in [0, 0.05) is 55.2 Å². The maximum Gasteiger partial charge on any atom is 0.251 e. The van der Waals surface area contributed by atoms with E-state index in [-0.39, 0.29) is 5.91 Å². The minimum Gasteiger partial charge on any atom is -0.357 e. The summed E-state index contributed by atoms with van der Waals surface area (Å²) in [6.07, 6.45) is 4.87. The first-order valence-electron chi connectivity index (χ1n) is 8.85. The van der Waals surface area contributed by atoms with E-state index >= 15 is 0 Å². The second-order valence-electron chi connectivity index (χ2n) is 5.73. The van der Waals surface area contributed by atoms with Crippen molar-refractivity contribution >= 4 is 27.8 Å². The molecule has 1 aromatic carbocycles. The molecule has 1 amide bonds. The fourth-order valence-corrected chi connectivity index (χ4v) is 2.77. The van der Waals surface area contributed by atoms with Crippen LogP contribution in [0.2, 0.25) is 0 Å². The minimum absolute atomic E-state index is 0.0629. The summed E-state index contributed by atoms with van der Waals surface area (Å²) in [6.45, 7) is 5.80. The van der Waals surface area contributed by atoms with E-state index in [1.807, 2.05) is 49.6 Å². The highest BCUT2D eigenvalue weighted by atomic mass is 79.9. The zero-order chi connectivity index (χ0) is 18.6. The lowest BCUT2D eigenvalue weighted by molar-refractivity contribution is 0.0953. The lowest BCUT2D eigenvalue weighted by Gasteiger charge is -2.12. The van der Waals surface area contributed by atoms with Gasteiger partial charge in [-0.1, -0.05) is 22.0 Å². The molecule has 0 spiro atoms. The van der Waals surface area contributed by atoms with Gasteiger partial charge in [-0.3, -0.25) is 9.79 Å². The van der Waals surface area contributed by atoms with Gasteiger partial charge in [-0.25, -0.2) is 0 Å². The Hall–Kier alpha value is -2.28. The van der Waals surface area contributed by atoms with Gasteiger partial charge in [-0.15, -0.1) is 0 Å². The van der Waals surface area contributed by atoms with E-state index in [0.717, 1.165) is 36.5 Å². The molecule has 1 heterocycles. The van der Waals surface area contributed by atoms with Crippen LogP contribution in [0.15, 0.2) is 58.3 Å². The summed E-state index contributed by atoms with van der Waals surface area (Å²) < 4.78 is 3.02. The molecule has 0 radical (unpaired) electrons. The molecule has 0 aliphatic heterocycles. The summed E-state index contributed by atoms with van der Waals surface area (Å²) in [5.41, 5.74) is 0.655. The van der Waals surface area contributed by atoms with Crippen molar-refractivity contribution in [2.45, 2.75) is 19.9 Å². The van der Waals surface area contributed by atoms with E-state index in [1.54, 1.807) is 6.07 Å². The SMILES string of the molecule is CCNC(=NCCCNC(=O)c1cccc(Br)c1)NCCn1cccc1. The number of hydrogen-bond acceptors (Lipinski definition) is 2. The van der Waals surface area contributed by atoms with Crippen molar-refractivity contribution in [3.05, 3.63) is 58.8 Å². The maximum atomic E-state index is 12.1. The summed E-state index contributed by atoms with van der Waals surface area (Å²) in [5, 5.41) is 9.47. The lowest BCUT2D eigenvalue weighted by Crippen LogP contribution is -2.39. The van der Waals surface area contributed by atoms with E-state index in [1.165, 1.54) is 0 Å². The predicted molar refractivity (Wildman–Crippen MR) is 110 cm³/mol. The van der Waals surface area contributed by atoms with E-state index < -0.39 is 0 Å². The molecule has 0 fully saturated rings. The van der Waals surface area contributed by atoms with E-state index in [4.69, 9.17) is 0 Å². The van der Waals surface area contributed by atoms with Crippen LogP contribution in [0.1, 0.15) is 23.7 Å². The molecule has 6 nitrogen and oxygen atoms in total. The van der Waals surface area contributed by atoms with Crippen LogP contribution in [-0.4, -0.2) is 42.6 Å². The van der Waals surface area contributed by atoms with Crippen LogP contribution in [0.5, 0.6) is 0 Å². The number of rotatable bonds is 9. The Kier molecular flexibility index (Phi) is 8.75. The Labute approximate surface area is 163 Å². The zero-order valence-electron chi connectivity index (χ0n) is 15.0. The molecule has 0 unspecified atom stereocenters. The molecular weight excluding hydrogens is 394 g/mol. The number of nitrogens with zero attached hydrogens (tertiary/aromatic N) is 2. The Balaban J connectivity index is 1.67. The first-order valence-corrected chi connectivity index (χ1v) is 9.65. The fourth-order valence-electron chi connectivity index (χ4n) is 2.37. The van der Waals surface area contributed by atoms with Gasteiger partial charge in [0.1, 0.15) is 0 Å². The smallest absolute Gasteiger partial charge is 0.251 e. The van der Waals surface area contributed by atoms with Crippen molar-refractivity contribution in [3.8, 4) is 0 Å². The summed E-state index contributed by atoms with van der Waals surface area (Å²) in [6, 6.07) is 11.4. The van der Waals surface area contributed by atoms with Crippen LogP contribution in [-0.2, 0) is 6.54 Å². The number of carbonyl (C=O) groups excluding carboxylic acids is 1. The predicted octanol–water partition coefficient (Wildman–Crippen LogP) is 2.63. The molecule has 7 heteroatoms. The normalized spacial score (nSPS) is 11.2. The van der Waals surface area contributed by atoms with Crippen LogP contribution >= 0.6 is 15.9 Å². The molecule has 26 heavy (non-hydrogen) atoms. The highest BCUT2D eigenvalue weighted by Gasteiger charge is 2.04. The van der Waals surface area contributed by atoms with Crippen molar-refractivity contribution in [1.29, 1.82) is 0 Å². The largest absolute Gasteiger partial charge is 0.357 e. The van der Waals surface area contributed by atoms with Gasteiger partial charge < -0.3 is 20.5 Å². The summed E-state index contributed by atoms with van der Waals surface area (Å²) >= 11 is 3.37. The lowest BCUT2D eigenvalue weighted by atomic mass is 10.2. The molecule has 2 aromatic rings. The molecule has 0 atom stereocenters. The highest BCUT2D eigenvalue weighted by molar-refractivity contribution is 9.10. The third kappa shape index (κ3) is 7.31. The number of aromatic nitrogens is 1. The van der Waals surface area contributed by atoms with Crippen molar-refractivity contribution in [3.63, 3.8) is 0 Å². The first-order chi connectivity index (χ1) is 12.7. The monoisotopic (exact) mass is 419 g/mol. The summed E-state index contributed by atoms with van der Waals surface area (Å²) in [4.78, 5) is 16.6. The number of aliphatic imine (C=N–C) groups is 1. The van der Waals surface area contributed by atoms with Gasteiger partial charge in [0.2, 0.25) is 0 Å². The van der Waals surface area contributed by atoms with Crippen molar-refractivity contribution in [2.75, 3.05) is 26.2 Å². The average molecular weight is 420 g/mol. The van der Waals surface area contributed by atoms with Crippen LogP contribution in [0.25, 0.3) is 0 Å². The number of guanidine groups is 1. The number of hydrogen-bond donors (Lipinski definition) is 3. The van der Waals surface area contributed by atoms with Gasteiger partial charge in [-0.05, 0) is 43.7 Å². The molecule has 140 valence electrons. The van der Waals surface area contributed by atoms with Gasteiger partial charge in [0.25, 0.3) is 5.91 Å². The molecule has 0 aliphatic carbocycles. The Bertz CT molecular complexity index is 700. The topological polar surface area (TPSA) is 70.4 Å². The average Bonchev–Trinajstić information content (AvgIpc) is 3.14. The van der Waals surface area contributed by atoms with Crippen molar-refractivity contribution in [2.24, 2.45) is 4.99 Å². The molecule has 0 aliphatic rings. The fraction of sp³-hybridized carbons (Fsp3) is 0.368. The van der Waals surface area contributed by atoms with Gasteiger partial charge >= 0.3 is 0 Å². The number of carbonyl (C=O) groups is 1. The highest BCUT2D eigenvalue weighted by Crippen LogP contribution is 2.11. The van der Waals surface area contributed by atoms with Gasteiger partial charge in [0.15, 0.2) is 5.96 Å². The van der Waals surface area contributed by atoms with Crippen LogP contribution in [0.3, 0.4) is 0 Å². The zero-order valence-corrected chi connectivity index (χ0v) is 16.6. The number of amides is 1. The molecule has 0 bridgehead atoms. The molecular formula is C19H26BrN5O. The Morgan fingerprint density at radius 2 is 1.92 bits per heavy atom. The van der Waals surface area contributed by atoms with E-state index in [2.05, 4.69) is 41.4 Å². The Morgan fingerprint density at radius 1 is 1.12 bits per heavy atom. The van der Waals surface area contributed by atoms with E-state index in [9.17, 15) is 4.79 Å². The molecule has 2 rings (SSSR count). The minimum atomic E-state index is -0.0629. The number of nitrogens with one attached hydrogen (secondary N) is 3. The number of halogens is 1.